The van der Waals surface area contributed by atoms with E-state index in [1.165, 1.54) is 6.07 Å². The summed E-state index contributed by atoms with van der Waals surface area (Å²) in [5.74, 6) is -0.502. The molecular weight excluding hydrogens is 311 g/mol. The van der Waals surface area contributed by atoms with Gasteiger partial charge in [0.25, 0.3) is 0 Å². The highest BCUT2D eigenvalue weighted by atomic mass is 79.9. The van der Waals surface area contributed by atoms with Gasteiger partial charge in [-0.3, -0.25) is 0 Å². The number of phenols is 1. The van der Waals surface area contributed by atoms with Gasteiger partial charge in [-0.25, -0.2) is 9.37 Å². The lowest BCUT2D eigenvalue weighted by molar-refractivity contribution is 0.467. The van der Waals surface area contributed by atoms with E-state index in [1.807, 2.05) is 26.0 Å². The normalized spacial score (nSPS) is 12.2. The predicted molar refractivity (Wildman–Crippen MR) is 76.8 cm³/mol. The number of aromatic hydroxyl groups is 1. The highest BCUT2D eigenvalue weighted by molar-refractivity contribution is 9.10. The number of pyridine rings is 1. The Kier molecular flexibility index (Phi) is 4.04. The van der Waals surface area contributed by atoms with Gasteiger partial charge in [-0.15, -0.1) is 0 Å². The van der Waals surface area contributed by atoms with Crippen LogP contribution in [0.4, 0.5) is 10.1 Å². The first kappa shape index (κ1) is 13.8. The number of nitrogens with one attached hydrogen (secondary N) is 1. The molecule has 1 aromatic carbocycles. The zero-order valence-electron chi connectivity index (χ0n) is 10.6. The van der Waals surface area contributed by atoms with Crippen molar-refractivity contribution in [2.45, 2.75) is 19.9 Å². The SMILES string of the molecule is Cc1nc(Br)ccc1NC(C)c1ccc(O)cc1F. The number of phenolic OH excluding ortho intramolecular Hbond substituents is 1. The second-order valence-corrected chi connectivity index (χ2v) is 5.15. The molecule has 1 atom stereocenters. The van der Waals surface area contributed by atoms with Crippen molar-refractivity contribution in [2.75, 3.05) is 5.32 Å². The summed E-state index contributed by atoms with van der Waals surface area (Å²) in [6.45, 7) is 3.74. The van der Waals surface area contributed by atoms with Gasteiger partial charge in [0, 0.05) is 11.6 Å². The van der Waals surface area contributed by atoms with Gasteiger partial charge < -0.3 is 10.4 Å². The van der Waals surface area contributed by atoms with Crippen LogP contribution in [-0.2, 0) is 0 Å². The van der Waals surface area contributed by atoms with Gasteiger partial charge in [0.15, 0.2) is 0 Å². The van der Waals surface area contributed by atoms with Gasteiger partial charge >= 0.3 is 0 Å². The van der Waals surface area contributed by atoms with E-state index in [1.54, 1.807) is 6.07 Å². The van der Waals surface area contributed by atoms with E-state index < -0.39 is 5.82 Å². The number of aromatic nitrogens is 1. The first-order valence-corrected chi connectivity index (χ1v) is 6.65. The molecule has 2 N–H and O–H groups in total. The number of anilines is 1. The third-order valence-corrected chi connectivity index (χ3v) is 3.32. The van der Waals surface area contributed by atoms with Crippen LogP contribution < -0.4 is 5.32 Å². The molecule has 100 valence electrons. The summed E-state index contributed by atoms with van der Waals surface area (Å²) in [7, 11) is 0. The van der Waals surface area contributed by atoms with E-state index in [9.17, 15) is 9.50 Å². The molecule has 0 aliphatic rings. The Labute approximate surface area is 119 Å². The average Bonchev–Trinajstić information content (AvgIpc) is 2.32. The first-order chi connectivity index (χ1) is 8.97. The van der Waals surface area contributed by atoms with Crippen LogP contribution in [-0.4, -0.2) is 10.1 Å². The zero-order valence-corrected chi connectivity index (χ0v) is 12.2. The molecule has 0 saturated heterocycles. The summed E-state index contributed by atoms with van der Waals surface area (Å²) in [6, 6.07) is 7.66. The van der Waals surface area contributed by atoms with E-state index in [4.69, 9.17) is 0 Å². The zero-order chi connectivity index (χ0) is 14.0. The van der Waals surface area contributed by atoms with Crippen LogP contribution in [0.1, 0.15) is 24.2 Å². The number of rotatable bonds is 3. The fraction of sp³-hybridized carbons (Fsp3) is 0.214. The number of benzene rings is 1. The molecular formula is C14H14BrFN2O. The molecule has 5 heteroatoms. The van der Waals surface area contributed by atoms with Gasteiger partial charge in [-0.1, -0.05) is 6.07 Å². The quantitative estimate of drug-likeness (QED) is 0.833. The van der Waals surface area contributed by atoms with E-state index in [2.05, 4.69) is 26.2 Å². The van der Waals surface area contributed by atoms with Crippen LogP contribution in [0.15, 0.2) is 34.9 Å². The van der Waals surface area contributed by atoms with Gasteiger partial charge in [0.05, 0.1) is 17.4 Å². The monoisotopic (exact) mass is 324 g/mol. The predicted octanol–water partition coefficient (Wildman–Crippen LogP) is 4.17. The van der Waals surface area contributed by atoms with E-state index in [0.29, 0.717) is 5.56 Å². The summed E-state index contributed by atoms with van der Waals surface area (Å²) < 4.78 is 14.5. The molecule has 3 nitrogen and oxygen atoms in total. The lowest BCUT2D eigenvalue weighted by Gasteiger charge is -2.17. The van der Waals surface area contributed by atoms with Crippen LogP contribution >= 0.6 is 15.9 Å². The molecule has 1 heterocycles. The van der Waals surface area contributed by atoms with Crippen molar-refractivity contribution in [3.8, 4) is 5.75 Å². The average molecular weight is 325 g/mol. The Bertz CT molecular complexity index is 604. The number of nitrogens with zero attached hydrogens (tertiary/aromatic N) is 1. The maximum atomic E-state index is 13.7. The minimum absolute atomic E-state index is 0.0741. The number of aryl methyl sites for hydroxylation is 1. The van der Waals surface area contributed by atoms with Gasteiger partial charge in [0.1, 0.15) is 16.2 Å². The molecule has 0 radical (unpaired) electrons. The molecule has 0 saturated carbocycles. The Hall–Kier alpha value is -1.62. The summed E-state index contributed by atoms with van der Waals surface area (Å²) in [5.41, 5.74) is 2.18. The molecule has 0 spiro atoms. The van der Waals surface area contributed by atoms with E-state index in [0.717, 1.165) is 22.1 Å². The molecule has 19 heavy (non-hydrogen) atoms. The van der Waals surface area contributed by atoms with Crippen LogP contribution in [0.25, 0.3) is 0 Å². The molecule has 0 amide bonds. The van der Waals surface area contributed by atoms with Crippen molar-refractivity contribution >= 4 is 21.6 Å². The highest BCUT2D eigenvalue weighted by Crippen LogP contribution is 2.26. The van der Waals surface area contributed by atoms with Crippen LogP contribution in [0.3, 0.4) is 0 Å². The van der Waals surface area contributed by atoms with Crippen molar-refractivity contribution in [2.24, 2.45) is 0 Å². The Balaban J connectivity index is 2.23. The molecule has 2 rings (SSSR count). The number of hydrogen-bond donors (Lipinski definition) is 2. The molecule has 1 aromatic heterocycles. The van der Waals surface area contributed by atoms with Crippen molar-refractivity contribution in [3.63, 3.8) is 0 Å². The summed E-state index contributed by atoms with van der Waals surface area (Å²) >= 11 is 3.30. The minimum Gasteiger partial charge on any atom is -0.508 e. The largest absolute Gasteiger partial charge is 0.508 e. The van der Waals surface area contributed by atoms with Crippen LogP contribution in [0.2, 0.25) is 0 Å². The topological polar surface area (TPSA) is 45.2 Å². The smallest absolute Gasteiger partial charge is 0.132 e. The summed E-state index contributed by atoms with van der Waals surface area (Å²) in [4.78, 5) is 4.28. The van der Waals surface area contributed by atoms with E-state index >= 15 is 0 Å². The Morgan fingerprint density at radius 2 is 2.05 bits per heavy atom. The highest BCUT2D eigenvalue weighted by Gasteiger charge is 2.12. The minimum atomic E-state index is -0.428. The van der Waals surface area contributed by atoms with Crippen molar-refractivity contribution in [1.82, 2.24) is 4.98 Å². The molecule has 0 aliphatic carbocycles. The Morgan fingerprint density at radius 3 is 2.68 bits per heavy atom. The number of hydrogen-bond acceptors (Lipinski definition) is 3. The van der Waals surface area contributed by atoms with Crippen molar-refractivity contribution < 1.29 is 9.50 Å². The fourth-order valence-corrected chi connectivity index (χ4v) is 2.26. The van der Waals surface area contributed by atoms with Gasteiger partial charge in [-0.05, 0) is 48.0 Å². The summed E-state index contributed by atoms with van der Waals surface area (Å²) in [5, 5.41) is 12.4. The molecule has 0 bridgehead atoms. The first-order valence-electron chi connectivity index (χ1n) is 5.85. The van der Waals surface area contributed by atoms with Crippen LogP contribution in [0, 0.1) is 12.7 Å². The third-order valence-electron chi connectivity index (χ3n) is 2.87. The van der Waals surface area contributed by atoms with Crippen molar-refractivity contribution in [3.05, 3.63) is 52.0 Å². The van der Waals surface area contributed by atoms with Crippen LogP contribution in [0.5, 0.6) is 5.75 Å². The summed E-state index contributed by atoms with van der Waals surface area (Å²) in [6.07, 6.45) is 0. The molecule has 1 unspecified atom stereocenters. The number of halogens is 2. The van der Waals surface area contributed by atoms with Gasteiger partial charge in [-0.2, -0.15) is 0 Å². The second kappa shape index (κ2) is 5.57. The standard InChI is InChI=1S/C14H14BrFN2O/c1-8(11-4-3-10(19)7-12(11)16)17-13-5-6-14(15)18-9(13)2/h3-8,17,19H,1-2H3. The van der Waals surface area contributed by atoms with Gasteiger partial charge in [0.2, 0.25) is 0 Å². The molecule has 0 fully saturated rings. The van der Waals surface area contributed by atoms with Crippen molar-refractivity contribution in [1.29, 1.82) is 0 Å². The lowest BCUT2D eigenvalue weighted by Crippen LogP contribution is -2.10. The maximum absolute atomic E-state index is 13.7. The third kappa shape index (κ3) is 3.23. The maximum Gasteiger partial charge on any atom is 0.132 e. The lowest BCUT2D eigenvalue weighted by atomic mass is 10.1. The molecule has 0 aliphatic heterocycles. The second-order valence-electron chi connectivity index (χ2n) is 4.34. The molecule has 2 aromatic rings. The fourth-order valence-electron chi connectivity index (χ4n) is 1.86. The Morgan fingerprint density at radius 1 is 1.32 bits per heavy atom. The van der Waals surface area contributed by atoms with E-state index in [-0.39, 0.29) is 11.8 Å².